The zero-order chi connectivity index (χ0) is 28.2. The fraction of sp³-hybridized carbons (Fsp3) is 0.200. The highest BCUT2D eigenvalue weighted by Crippen LogP contribution is 2.38. The van der Waals surface area contributed by atoms with Crippen LogP contribution in [0.1, 0.15) is 16.6 Å². The Morgan fingerprint density at radius 3 is 2.55 bits per heavy atom. The van der Waals surface area contributed by atoms with Gasteiger partial charge in [-0.1, -0.05) is 36.4 Å². The van der Waals surface area contributed by atoms with E-state index in [0.717, 1.165) is 22.5 Å². The number of rotatable bonds is 6. The van der Waals surface area contributed by atoms with Gasteiger partial charge in [0, 0.05) is 5.56 Å². The molecule has 1 fully saturated rings. The second-order valence-electron chi connectivity index (χ2n) is 9.25. The molecule has 0 unspecified atom stereocenters. The van der Waals surface area contributed by atoms with Crippen LogP contribution in [0.5, 0.6) is 0 Å². The van der Waals surface area contributed by atoms with Gasteiger partial charge in [0.15, 0.2) is 17.4 Å². The van der Waals surface area contributed by atoms with E-state index in [1.165, 1.54) is 4.57 Å². The molecule has 1 aliphatic heterocycles. The summed E-state index contributed by atoms with van der Waals surface area (Å²) in [4.78, 5) is 54.7. The molecule has 1 amide bonds. The topological polar surface area (TPSA) is 209 Å². The van der Waals surface area contributed by atoms with Crippen molar-refractivity contribution in [3.63, 3.8) is 0 Å². The SMILES string of the molecule is O=C(Nc1nc2c(ncn2[C@@H]2O[C@H](COP(=O)(O)O)[C@@H](O)[C@H]2O)c(=O)[nH]1)c1cccc2cc3ccccc3cc12. The Kier molecular flexibility index (Phi) is 6.47. The number of ether oxygens (including phenoxy) is 1. The lowest BCUT2D eigenvalue weighted by molar-refractivity contribution is -0.0503. The normalized spacial score (nSPS) is 21.4. The lowest BCUT2D eigenvalue weighted by Gasteiger charge is -2.16. The maximum Gasteiger partial charge on any atom is 0.469 e. The number of fused-ring (bicyclic) bond motifs is 3. The standard InChI is InChI=1S/C25H22N5O9P/c31-19-17(10-38-40(35,36)37)39-24(20(19)32)30-11-26-18-21(30)27-25(29-23(18)34)28-22(33)15-7-3-6-14-8-12-4-1-2-5-13(12)9-16(14)15/h1-9,11,17,19-20,24,31-32H,10H2,(H2,35,36,37)(H2,27,28,29,33,34)/t17-,19-,20-,24-/m1/s1. The highest BCUT2D eigenvalue weighted by atomic mass is 31.2. The van der Waals surface area contributed by atoms with Crippen molar-refractivity contribution in [2.45, 2.75) is 24.5 Å². The number of nitrogens with zero attached hydrogens (tertiary/aromatic N) is 3. The van der Waals surface area contributed by atoms with E-state index in [1.807, 2.05) is 42.5 Å². The van der Waals surface area contributed by atoms with Crippen LogP contribution >= 0.6 is 7.82 Å². The van der Waals surface area contributed by atoms with Crippen LogP contribution in [0.25, 0.3) is 32.7 Å². The highest BCUT2D eigenvalue weighted by molar-refractivity contribution is 7.46. The van der Waals surface area contributed by atoms with Gasteiger partial charge in [-0.15, -0.1) is 0 Å². The quantitative estimate of drug-likeness (QED) is 0.128. The molecule has 3 aromatic carbocycles. The zero-order valence-corrected chi connectivity index (χ0v) is 21.3. The minimum Gasteiger partial charge on any atom is -0.387 e. The van der Waals surface area contributed by atoms with Crippen molar-refractivity contribution in [3.05, 3.63) is 76.8 Å². The minimum atomic E-state index is -4.85. The van der Waals surface area contributed by atoms with E-state index in [9.17, 15) is 24.4 Å². The van der Waals surface area contributed by atoms with Gasteiger partial charge in [0.1, 0.15) is 18.3 Å². The van der Waals surface area contributed by atoms with Gasteiger partial charge in [-0.3, -0.25) is 29.0 Å². The summed E-state index contributed by atoms with van der Waals surface area (Å²) >= 11 is 0. The van der Waals surface area contributed by atoms with Gasteiger partial charge >= 0.3 is 7.82 Å². The predicted octanol–water partition coefficient (Wildman–Crippen LogP) is 1.41. The lowest BCUT2D eigenvalue weighted by atomic mass is 9.99. The van der Waals surface area contributed by atoms with Gasteiger partial charge in [0.25, 0.3) is 11.5 Å². The lowest BCUT2D eigenvalue weighted by Crippen LogP contribution is -2.33. The average molecular weight is 567 g/mol. The predicted molar refractivity (Wildman–Crippen MR) is 141 cm³/mol. The summed E-state index contributed by atoms with van der Waals surface area (Å²) in [6, 6.07) is 16.9. The molecule has 14 nitrogen and oxygen atoms in total. The third kappa shape index (κ3) is 4.78. The molecule has 15 heteroatoms. The third-order valence-corrected chi connectivity index (χ3v) is 7.16. The fourth-order valence-corrected chi connectivity index (χ4v) is 5.12. The molecule has 5 aromatic rings. The van der Waals surface area contributed by atoms with Crippen molar-refractivity contribution in [1.82, 2.24) is 19.5 Å². The van der Waals surface area contributed by atoms with Crippen LogP contribution in [-0.4, -0.2) is 70.3 Å². The first kappa shape index (κ1) is 26.2. The van der Waals surface area contributed by atoms with E-state index < -0.39 is 50.4 Å². The average Bonchev–Trinajstić information content (AvgIpc) is 3.46. The number of nitrogens with one attached hydrogen (secondary N) is 2. The van der Waals surface area contributed by atoms with Crippen LogP contribution in [0.3, 0.4) is 0 Å². The molecule has 3 heterocycles. The van der Waals surface area contributed by atoms with Crippen molar-refractivity contribution in [2.24, 2.45) is 0 Å². The maximum atomic E-state index is 13.3. The second kappa shape index (κ2) is 9.87. The number of aromatic nitrogens is 4. The van der Waals surface area contributed by atoms with Gasteiger partial charge < -0.3 is 24.7 Å². The van der Waals surface area contributed by atoms with Crippen LogP contribution in [0.2, 0.25) is 0 Å². The highest BCUT2D eigenvalue weighted by Gasteiger charge is 2.45. The summed E-state index contributed by atoms with van der Waals surface area (Å²) in [5.74, 6) is -0.729. The number of hydrogen-bond acceptors (Lipinski definition) is 9. The van der Waals surface area contributed by atoms with Crippen LogP contribution in [-0.2, 0) is 13.8 Å². The number of carbonyl (C=O) groups is 1. The second-order valence-corrected chi connectivity index (χ2v) is 10.5. The van der Waals surface area contributed by atoms with Gasteiger partial charge in [0.05, 0.1) is 12.9 Å². The number of carbonyl (C=O) groups excluding carboxylic acids is 1. The van der Waals surface area contributed by atoms with Crippen LogP contribution < -0.4 is 10.9 Å². The van der Waals surface area contributed by atoms with Gasteiger partial charge in [-0.05, 0) is 39.7 Å². The molecule has 40 heavy (non-hydrogen) atoms. The van der Waals surface area contributed by atoms with Gasteiger partial charge in [-0.25, -0.2) is 9.55 Å². The first-order chi connectivity index (χ1) is 19.1. The summed E-state index contributed by atoms with van der Waals surface area (Å²) in [6.45, 7) is -0.707. The number of H-pyrrole nitrogens is 1. The Morgan fingerprint density at radius 2 is 1.80 bits per heavy atom. The molecule has 0 radical (unpaired) electrons. The fourth-order valence-electron chi connectivity index (χ4n) is 4.78. The summed E-state index contributed by atoms with van der Waals surface area (Å²) in [7, 11) is -4.85. The number of benzene rings is 3. The number of phosphoric acid groups is 1. The summed E-state index contributed by atoms with van der Waals surface area (Å²) in [5.41, 5.74) is -0.534. The Labute approximate surface area is 224 Å². The molecule has 0 bridgehead atoms. The number of hydrogen-bond donors (Lipinski definition) is 6. The molecule has 0 spiro atoms. The van der Waals surface area contributed by atoms with E-state index >= 15 is 0 Å². The summed E-state index contributed by atoms with van der Waals surface area (Å²) < 4.78 is 22.2. The maximum absolute atomic E-state index is 13.3. The smallest absolute Gasteiger partial charge is 0.387 e. The van der Waals surface area contributed by atoms with E-state index in [2.05, 4.69) is 24.8 Å². The van der Waals surface area contributed by atoms with Crippen molar-refractivity contribution >= 4 is 52.4 Å². The van der Waals surface area contributed by atoms with Crippen molar-refractivity contribution in [3.8, 4) is 0 Å². The van der Waals surface area contributed by atoms with E-state index in [0.29, 0.717) is 10.9 Å². The Balaban J connectivity index is 1.31. The molecule has 1 aliphatic rings. The summed E-state index contributed by atoms with van der Waals surface area (Å²) in [5, 5.41) is 27.0. The van der Waals surface area contributed by atoms with Crippen LogP contribution in [0, 0.1) is 0 Å². The van der Waals surface area contributed by atoms with E-state index in [-0.39, 0.29) is 17.1 Å². The van der Waals surface area contributed by atoms with Crippen LogP contribution in [0.4, 0.5) is 5.95 Å². The zero-order valence-electron chi connectivity index (χ0n) is 20.4. The molecule has 0 saturated carbocycles. The third-order valence-electron chi connectivity index (χ3n) is 6.67. The van der Waals surface area contributed by atoms with E-state index in [1.54, 1.807) is 12.1 Å². The number of aliphatic hydroxyl groups excluding tert-OH is 2. The number of amides is 1. The monoisotopic (exact) mass is 567 g/mol. The van der Waals surface area contributed by atoms with Gasteiger partial charge in [0.2, 0.25) is 5.95 Å². The minimum absolute atomic E-state index is 0.0734. The molecular formula is C25H22N5O9P. The number of phosphoric ester groups is 1. The molecule has 1 saturated heterocycles. The van der Waals surface area contributed by atoms with Crippen molar-refractivity contribution in [1.29, 1.82) is 0 Å². The molecule has 2 aromatic heterocycles. The van der Waals surface area contributed by atoms with Crippen molar-refractivity contribution < 1.29 is 38.6 Å². The molecule has 6 rings (SSSR count). The molecule has 206 valence electrons. The molecular weight excluding hydrogens is 545 g/mol. The number of anilines is 1. The van der Waals surface area contributed by atoms with Gasteiger partial charge in [-0.2, -0.15) is 4.98 Å². The summed E-state index contributed by atoms with van der Waals surface area (Å²) in [6.07, 6.45) is -4.62. The Morgan fingerprint density at radius 1 is 1.07 bits per heavy atom. The van der Waals surface area contributed by atoms with Crippen LogP contribution in [0.15, 0.2) is 65.7 Å². The number of aliphatic hydroxyl groups is 2. The Hall–Kier alpha value is -4.01. The first-order valence-corrected chi connectivity index (χ1v) is 13.5. The largest absolute Gasteiger partial charge is 0.469 e. The van der Waals surface area contributed by atoms with Crippen molar-refractivity contribution in [2.75, 3.05) is 11.9 Å². The number of imidazole rings is 1. The Bertz CT molecular complexity index is 1880. The molecule has 0 aliphatic carbocycles. The molecule has 4 atom stereocenters. The first-order valence-electron chi connectivity index (χ1n) is 12.0. The van der Waals surface area contributed by atoms with E-state index in [4.69, 9.17) is 14.5 Å². The number of aromatic amines is 1. The molecule has 6 N–H and O–H groups in total.